The van der Waals surface area contributed by atoms with Crippen LogP contribution in [0.25, 0.3) is 0 Å². The molecule has 2 aromatic rings. The molecule has 2 amide bonds. The van der Waals surface area contributed by atoms with Crippen LogP contribution in [-0.2, 0) is 122 Å². The Bertz CT molecular complexity index is 2760. The average Bonchev–Trinajstić information content (AvgIpc) is 0.800. The molecular formula is C70H114N4O34. The molecular weight excluding hydrogens is 1440 g/mol. The summed E-state index contributed by atoms with van der Waals surface area (Å²) in [6.07, 6.45) is -15.2. The summed E-state index contributed by atoms with van der Waals surface area (Å²) in [5.74, 6) is -4.00. The predicted octanol–water partition coefficient (Wildman–Crippen LogP) is -1.98. The molecule has 0 spiro atoms. The van der Waals surface area contributed by atoms with Gasteiger partial charge in [0.15, 0.2) is 6.10 Å². The summed E-state index contributed by atoms with van der Waals surface area (Å²) in [4.78, 5) is 68.2. The van der Waals surface area contributed by atoms with Crippen molar-refractivity contribution < 1.29 is 164 Å². The molecule has 0 aromatic heterocycles. The van der Waals surface area contributed by atoms with Gasteiger partial charge in [0.2, 0.25) is 12.6 Å². The van der Waals surface area contributed by atoms with E-state index in [9.17, 15) is 59.7 Å². The summed E-state index contributed by atoms with van der Waals surface area (Å²) in [5, 5.41) is 79.7. The molecule has 38 nitrogen and oxygen atoms in total. The molecule has 2 aliphatic rings. The molecule has 0 unspecified atom stereocenters. The molecule has 9 N–H and O–H groups in total. The number of nitrogens with one attached hydrogen (secondary N) is 2. The molecule has 0 radical (unpaired) electrons. The minimum atomic E-state index is -1.94. The first-order valence-electron chi connectivity index (χ1n) is 35.9. The lowest BCUT2D eigenvalue weighted by molar-refractivity contribution is -0.271. The van der Waals surface area contributed by atoms with E-state index in [-0.39, 0.29) is 95.2 Å². The third-order valence-electron chi connectivity index (χ3n) is 15.0. The van der Waals surface area contributed by atoms with Gasteiger partial charge in [-0.05, 0) is 49.2 Å². The van der Waals surface area contributed by atoms with Crippen molar-refractivity contribution in [2.24, 2.45) is 5.16 Å². The van der Waals surface area contributed by atoms with E-state index in [0.29, 0.717) is 196 Å². The summed E-state index contributed by atoms with van der Waals surface area (Å²) in [7, 11) is 0. The molecule has 108 heavy (non-hydrogen) atoms. The largest absolute Gasteiger partial charge is 0.479 e. The second-order valence-electron chi connectivity index (χ2n) is 23.9. The predicted molar refractivity (Wildman–Crippen MR) is 375 cm³/mol. The second kappa shape index (κ2) is 59.7. The monoisotopic (exact) mass is 1550 g/mol. The van der Waals surface area contributed by atoms with Crippen LogP contribution in [0.3, 0.4) is 0 Å². The molecule has 9 atom stereocenters. The molecule has 2 heterocycles. The van der Waals surface area contributed by atoms with Gasteiger partial charge in [-0.15, -0.1) is 0 Å². The van der Waals surface area contributed by atoms with E-state index in [1.165, 1.54) is 44.2 Å². The van der Waals surface area contributed by atoms with Gasteiger partial charge in [-0.2, -0.15) is 0 Å². The van der Waals surface area contributed by atoms with Crippen molar-refractivity contribution in [3.8, 4) is 11.5 Å². The topological polar surface area (TPSA) is 470 Å². The van der Waals surface area contributed by atoms with E-state index in [4.69, 9.17) is 104 Å². The lowest BCUT2D eigenvalue weighted by Gasteiger charge is -2.38. The number of nitrogens with zero attached hydrogens (tertiary/aromatic N) is 2. The fourth-order valence-electron chi connectivity index (χ4n) is 9.34. The average molecular weight is 1560 g/mol. The first kappa shape index (κ1) is 94.3. The molecule has 618 valence electrons. The molecule has 4 rings (SSSR count). The van der Waals surface area contributed by atoms with Gasteiger partial charge in [-0.1, -0.05) is 17.3 Å². The van der Waals surface area contributed by atoms with Crippen LogP contribution in [0.1, 0.15) is 59.5 Å². The maximum absolute atomic E-state index is 13.3. The van der Waals surface area contributed by atoms with Crippen molar-refractivity contribution in [3.05, 3.63) is 58.7 Å². The number of oxime groups is 1. The van der Waals surface area contributed by atoms with E-state index in [1.807, 2.05) is 13.8 Å². The fourth-order valence-corrected chi connectivity index (χ4v) is 9.34. The molecule has 2 fully saturated rings. The summed E-state index contributed by atoms with van der Waals surface area (Å²) in [5.41, 5.74) is 1.71. The van der Waals surface area contributed by atoms with Crippen LogP contribution in [0.15, 0.2) is 41.6 Å². The maximum atomic E-state index is 13.3. The minimum Gasteiger partial charge on any atom is -0.479 e. The van der Waals surface area contributed by atoms with Crippen LogP contribution >= 0.6 is 0 Å². The van der Waals surface area contributed by atoms with Crippen molar-refractivity contribution in [1.82, 2.24) is 15.5 Å². The van der Waals surface area contributed by atoms with Crippen molar-refractivity contribution in [1.29, 1.82) is 0 Å². The van der Waals surface area contributed by atoms with Gasteiger partial charge >= 0.3 is 17.9 Å². The number of esters is 2. The van der Waals surface area contributed by atoms with Crippen LogP contribution in [0.5, 0.6) is 11.5 Å². The summed E-state index contributed by atoms with van der Waals surface area (Å²) >= 11 is 0. The third-order valence-corrected chi connectivity index (χ3v) is 15.0. The Kier molecular flexibility index (Phi) is 52.1. The Labute approximate surface area is 628 Å². The molecule has 2 aromatic carbocycles. The SMILES string of the molecule is CC(=O)OCc1ccc(O[C@@H]2O[C@H](C(=O)O)[C@@H](O)[C@H](O)[C@H]2O)c(C(=O)NCCOCCOCCOCCOCCOCCN(CCOCCOCCOCCOCCOCCNC(=O)c2cc(COC(C)=O)ccc2O[C@@H]2OC[C@@H](O)[C@H](O)[C@H]2O)CCOCCOCCOCCOCCOCCON=C(C)C)c1. The first-order chi connectivity index (χ1) is 52.4. The molecule has 0 bridgehead atoms. The number of aliphatic carboxylic acids is 1. The van der Waals surface area contributed by atoms with Crippen molar-refractivity contribution >= 4 is 35.4 Å². The highest BCUT2D eigenvalue weighted by Crippen LogP contribution is 2.29. The lowest BCUT2D eigenvalue weighted by Crippen LogP contribution is -2.61. The molecule has 2 saturated heterocycles. The molecule has 0 aliphatic carbocycles. The van der Waals surface area contributed by atoms with Crippen LogP contribution in [-0.4, -0.2) is 376 Å². The van der Waals surface area contributed by atoms with E-state index in [2.05, 4.69) is 20.7 Å². The number of carbonyl (C=O) groups is 5. The van der Waals surface area contributed by atoms with Gasteiger partial charge in [-0.25, -0.2) is 4.79 Å². The highest BCUT2D eigenvalue weighted by Gasteiger charge is 2.48. The zero-order valence-electron chi connectivity index (χ0n) is 62.3. The normalized spacial score (nSPS) is 19.2. The maximum Gasteiger partial charge on any atom is 0.335 e. The van der Waals surface area contributed by atoms with Crippen molar-refractivity contribution in [3.63, 3.8) is 0 Å². The number of aliphatic hydroxyl groups is 6. The van der Waals surface area contributed by atoms with Crippen LogP contribution in [0.4, 0.5) is 0 Å². The van der Waals surface area contributed by atoms with Crippen molar-refractivity contribution in [2.45, 2.75) is 96.2 Å². The summed E-state index contributed by atoms with van der Waals surface area (Å²) < 4.78 is 117. The Hall–Kier alpha value is -6.10. The lowest BCUT2D eigenvalue weighted by atomic mass is 9.99. The molecule has 0 saturated carbocycles. The third kappa shape index (κ3) is 42.9. The van der Waals surface area contributed by atoms with E-state index in [0.717, 1.165) is 5.71 Å². The Balaban J connectivity index is 1.01. The number of rotatable bonds is 66. The van der Waals surface area contributed by atoms with E-state index < -0.39 is 85.0 Å². The number of ether oxygens (including phenoxy) is 21. The number of carbonyl (C=O) groups excluding carboxylic acids is 4. The minimum absolute atomic E-state index is 0.0296. The molecule has 38 heteroatoms. The second-order valence-corrected chi connectivity index (χ2v) is 23.9. The van der Waals surface area contributed by atoms with Gasteiger partial charge in [-0.3, -0.25) is 24.1 Å². The van der Waals surface area contributed by atoms with E-state index in [1.54, 1.807) is 6.07 Å². The highest BCUT2D eigenvalue weighted by molar-refractivity contribution is 5.97. The molecule has 2 aliphatic heterocycles. The van der Waals surface area contributed by atoms with Gasteiger partial charge < -0.3 is 151 Å². The zero-order chi connectivity index (χ0) is 78.2. The van der Waals surface area contributed by atoms with Crippen LogP contribution in [0.2, 0.25) is 0 Å². The number of aliphatic hydroxyl groups excluding tert-OH is 6. The van der Waals surface area contributed by atoms with Crippen molar-refractivity contribution in [2.75, 3.05) is 244 Å². The van der Waals surface area contributed by atoms with Crippen LogP contribution in [0, 0.1) is 0 Å². The Morgan fingerprint density at radius 3 is 1.08 bits per heavy atom. The number of hydrogen-bond acceptors (Lipinski definition) is 35. The Morgan fingerprint density at radius 2 is 0.741 bits per heavy atom. The number of carboxylic acids is 1. The van der Waals surface area contributed by atoms with Crippen LogP contribution < -0.4 is 20.1 Å². The van der Waals surface area contributed by atoms with Gasteiger partial charge in [0.25, 0.3) is 11.8 Å². The number of hydrogen-bond donors (Lipinski definition) is 9. The number of carboxylic acid groups (broad SMARTS) is 1. The van der Waals surface area contributed by atoms with E-state index >= 15 is 0 Å². The highest BCUT2D eigenvalue weighted by atomic mass is 16.7. The van der Waals surface area contributed by atoms with Gasteiger partial charge in [0.1, 0.15) is 67.9 Å². The Morgan fingerprint density at radius 1 is 0.417 bits per heavy atom. The fraction of sp³-hybridized carbons (Fsp3) is 0.743. The summed E-state index contributed by atoms with van der Waals surface area (Å²) in [6, 6.07) is 8.65. The quantitative estimate of drug-likeness (QED) is 0.0150. The number of benzene rings is 2. The summed E-state index contributed by atoms with van der Waals surface area (Å²) in [6.45, 7) is 18.8. The number of amides is 2. The zero-order valence-corrected chi connectivity index (χ0v) is 62.3. The van der Waals surface area contributed by atoms with Gasteiger partial charge in [0, 0.05) is 46.6 Å². The van der Waals surface area contributed by atoms with Gasteiger partial charge in [0.05, 0.1) is 222 Å². The smallest absolute Gasteiger partial charge is 0.335 e. The first-order valence-corrected chi connectivity index (χ1v) is 35.9. The standard InChI is InChI=1S/C70H114N4O34/c1-50(2)73-105-44-43-101-42-41-100-40-39-99-38-33-96-28-23-91-18-13-74(11-16-89-21-26-94-31-36-97-34-29-92-24-19-87-14-9-71-66(83)55-45-53(47-102-51(3)75)5-7-58(55)106-69-63(81)60(78)57(77)49-104-69)12-17-90-22-27-95-32-37-98-35-30-93-25-20-88-15-10-72-67(84)56-46-54(48-103-52(4)76)6-8-59(56)107-70-64(82)61(79)62(80)65(108-70)68(85)86/h5-8,45-46,57,60-65,69-70,77-82H,9-44,47-49H2,1-4H3,(H,71,83)(H,72,84)(H,85,86)/t57-,60+,61+,62+,63-,64-,65+,69+,70-/m1/s1.